The zero-order valence-corrected chi connectivity index (χ0v) is 12.1. The van der Waals surface area contributed by atoms with Gasteiger partial charge < -0.3 is 10.1 Å². The lowest BCUT2D eigenvalue weighted by Gasteiger charge is -2.33. The van der Waals surface area contributed by atoms with Gasteiger partial charge in [0.25, 0.3) is 0 Å². The van der Waals surface area contributed by atoms with Gasteiger partial charge in [-0.3, -0.25) is 0 Å². The molecule has 106 valence electrons. The Hall–Kier alpha value is -1.09. The molecule has 0 bridgehead atoms. The van der Waals surface area contributed by atoms with E-state index in [9.17, 15) is 4.39 Å². The first-order valence-electron chi connectivity index (χ1n) is 7.16. The summed E-state index contributed by atoms with van der Waals surface area (Å²) in [6.07, 6.45) is 3.80. The lowest BCUT2D eigenvalue weighted by molar-refractivity contribution is 0.227. The number of nitrogens with one attached hydrogen (secondary N) is 1. The van der Waals surface area contributed by atoms with Crippen LogP contribution < -0.4 is 10.1 Å². The van der Waals surface area contributed by atoms with Crippen molar-refractivity contribution in [3.8, 4) is 5.75 Å². The minimum absolute atomic E-state index is 0.285. The van der Waals surface area contributed by atoms with E-state index in [1.54, 1.807) is 12.1 Å². The van der Waals surface area contributed by atoms with Crippen LogP contribution in [0.2, 0.25) is 0 Å². The maximum absolute atomic E-state index is 13.6. The molecule has 0 amide bonds. The van der Waals surface area contributed by atoms with E-state index in [1.807, 2.05) is 6.07 Å². The normalized spacial score (nSPS) is 27.3. The fourth-order valence-electron chi connectivity index (χ4n) is 3.04. The number of methoxy groups -OCH3 is 1. The maximum atomic E-state index is 13.6. The lowest BCUT2D eigenvalue weighted by Crippen LogP contribution is -2.38. The van der Waals surface area contributed by atoms with Gasteiger partial charge >= 0.3 is 0 Å². The van der Waals surface area contributed by atoms with Gasteiger partial charge in [-0.2, -0.15) is 0 Å². The van der Waals surface area contributed by atoms with Crippen LogP contribution in [0.15, 0.2) is 18.2 Å². The smallest absolute Gasteiger partial charge is 0.165 e. The molecule has 1 fully saturated rings. The fourth-order valence-corrected chi connectivity index (χ4v) is 3.04. The molecule has 1 aromatic carbocycles. The highest BCUT2D eigenvalue weighted by Gasteiger charge is 2.24. The summed E-state index contributed by atoms with van der Waals surface area (Å²) >= 11 is 0. The third-order valence-corrected chi connectivity index (χ3v) is 4.22. The summed E-state index contributed by atoms with van der Waals surface area (Å²) in [6, 6.07) is 5.73. The van der Waals surface area contributed by atoms with Crippen molar-refractivity contribution in [1.82, 2.24) is 5.32 Å². The van der Waals surface area contributed by atoms with Gasteiger partial charge in [0.2, 0.25) is 0 Å². The van der Waals surface area contributed by atoms with Gasteiger partial charge in [0, 0.05) is 12.6 Å². The van der Waals surface area contributed by atoms with E-state index in [4.69, 9.17) is 4.74 Å². The van der Waals surface area contributed by atoms with Crippen LogP contribution in [0.5, 0.6) is 5.75 Å². The highest BCUT2D eigenvalue weighted by Crippen LogP contribution is 2.28. The number of halogens is 1. The lowest BCUT2D eigenvalue weighted by atomic mass is 9.80. The summed E-state index contributed by atoms with van der Waals surface area (Å²) in [6.45, 7) is 5.36. The van der Waals surface area contributed by atoms with Crippen LogP contribution in [0.4, 0.5) is 4.39 Å². The Morgan fingerprint density at radius 3 is 2.74 bits per heavy atom. The maximum Gasteiger partial charge on any atom is 0.165 e. The SMILES string of the molecule is COc1ccc(CNC2CCC(C)CC2C)cc1F. The van der Waals surface area contributed by atoms with Crippen LogP contribution in [-0.2, 0) is 6.54 Å². The molecular weight excluding hydrogens is 241 g/mol. The van der Waals surface area contributed by atoms with E-state index in [0.717, 1.165) is 18.0 Å². The van der Waals surface area contributed by atoms with E-state index in [1.165, 1.54) is 26.4 Å². The Balaban J connectivity index is 1.90. The van der Waals surface area contributed by atoms with E-state index >= 15 is 0 Å². The predicted octanol–water partition coefficient (Wildman–Crippen LogP) is 3.75. The minimum atomic E-state index is -0.285. The number of hydrogen-bond donors (Lipinski definition) is 1. The zero-order chi connectivity index (χ0) is 13.8. The van der Waals surface area contributed by atoms with Crippen LogP contribution in [0.1, 0.15) is 38.7 Å². The predicted molar refractivity (Wildman–Crippen MR) is 75.8 cm³/mol. The van der Waals surface area contributed by atoms with Crippen LogP contribution >= 0.6 is 0 Å². The fraction of sp³-hybridized carbons (Fsp3) is 0.625. The molecule has 1 aromatic rings. The highest BCUT2D eigenvalue weighted by atomic mass is 19.1. The minimum Gasteiger partial charge on any atom is -0.494 e. The van der Waals surface area contributed by atoms with Crippen LogP contribution in [0.25, 0.3) is 0 Å². The average molecular weight is 265 g/mol. The second kappa shape index (κ2) is 6.38. The molecule has 0 spiro atoms. The summed E-state index contributed by atoms with van der Waals surface area (Å²) in [7, 11) is 1.49. The monoisotopic (exact) mass is 265 g/mol. The van der Waals surface area contributed by atoms with Crippen molar-refractivity contribution < 1.29 is 9.13 Å². The van der Waals surface area contributed by atoms with Crippen molar-refractivity contribution in [3.05, 3.63) is 29.6 Å². The van der Waals surface area contributed by atoms with Gasteiger partial charge in [-0.15, -0.1) is 0 Å². The second-order valence-electron chi connectivity index (χ2n) is 5.85. The molecule has 3 atom stereocenters. The quantitative estimate of drug-likeness (QED) is 0.895. The number of rotatable bonds is 4. The first-order chi connectivity index (χ1) is 9.10. The Morgan fingerprint density at radius 2 is 2.11 bits per heavy atom. The molecule has 0 saturated heterocycles. The molecule has 1 aliphatic rings. The number of ether oxygens (including phenoxy) is 1. The average Bonchev–Trinajstić information content (AvgIpc) is 2.38. The van der Waals surface area contributed by atoms with Crippen LogP contribution in [-0.4, -0.2) is 13.2 Å². The zero-order valence-electron chi connectivity index (χ0n) is 12.1. The van der Waals surface area contributed by atoms with E-state index in [2.05, 4.69) is 19.2 Å². The van der Waals surface area contributed by atoms with Crippen molar-refractivity contribution in [2.45, 2.75) is 45.7 Å². The molecule has 2 nitrogen and oxygen atoms in total. The summed E-state index contributed by atoms with van der Waals surface area (Å²) < 4.78 is 18.5. The van der Waals surface area contributed by atoms with Gasteiger partial charge in [0.05, 0.1) is 7.11 Å². The molecule has 3 heteroatoms. The molecule has 1 aliphatic carbocycles. The van der Waals surface area contributed by atoms with Crippen LogP contribution in [0.3, 0.4) is 0 Å². The van der Waals surface area contributed by atoms with Gasteiger partial charge in [-0.05, 0) is 48.8 Å². The molecule has 0 aliphatic heterocycles. The molecule has 0 aromatic heterocycles. The Kier molecular flexibility index (Phi) is 4.81. The molecule has 1 N–H and O–H groups in total. The third-order valence-electron chi connectivity index (χ3n) is 4.22. The Morgan fingerprint density at radius 1 is 1.32 bits per heavy atom. The molecular formula is C16H24FNO. The topological polar surface area (TPSA) is 21.3 Å². The summed E-state index contributed by atoms with van der Waals surface area (Å²) in [5, 5.41) is 3.57. The summed E-state index contributed by atoms with van der Waals surface area (Å²) in [5.41, 5.74) is 0.976. The summed E-state index contributed by atoms with van der Waals surface area (Å²) in [4.78, 5) is 0. The van der Waals surface area contributed by atoms with Crippen LogP contribution in [0, 0.1) is 17.7 Å². The number of hydrogen-bond acceptors (Lipinski definition) is 2. The van der Waals surface area contributed by atoms with E-state index in [-0.39, 0.29) is 5.82 Å². The van der Waals surface area contributed by atoms with Crippen molar-refractivity contribution in [3.63, 3.8) is 0 Å². The van der Waals surface area contributed by atoms with E-state index < -0.39 is 0 Å². The van der Waals surface area contributed by atoms with E-state index in [0.29, 0.717) is 17.7 Å². The second-order valence-corrected chi connectivity index (χ2v) is 5.85. The van der Waals surface area contributed by atoms with Gasteiger partial charge in [0.15, 0.2) is 11.6 Å². The van der Waals surface area contributed by atoms with Crippen molar-refractivity contribution >= 4 is 0 Å². The molecule has 0 radical (unpaired) electrons. The first-order valence-corrected chi connectivity index (χ1v) is 7.16. The first kappa shape index (κ1) is 14.3. The molecule has 3 unspecified atom stereocenters. The van der Waals surface area contributed by atoms with Crippen molar-refractivity contribution in [2.75, 3.05) is 7.11 Å². The molecule has 2 rings (SSSR count). The molecule has 1 saturated carbocycles. The largest absolute Gasteiger partial charge is 0.494 e. The van der Waals surface area contributed by atoms with Gasteiger partial charge in [0.1, 0.15) is 0 Å². The number of benzene rings is 1. The Labute approximate surface area is 115 Å². The highest BCUT2D eigenvalue weighted by molar-refractivity contribution is 5.29. The van der Waals surface area contributed by atoms with Gasteiger partial charge in [-0.25, -0.2) is 4.39 Å². The van der Waals surface area contributed by atoms with Crippen molar-refractivity contribution in [1.29, 1.82) is 0 Å². The van der Waals surface area contributed by atoms with Crippen molar-refractivity contribution in [2.24, 2.45) is 11.8 Å². The standard InChI is InChI=1S/C16H24FNO/c1-11-4-6-15(12(2)8-11)18-10-13-5-7-16(19-3)14(17)9-13/h5,7,9,11-12,15,18H,4,6,8,10H2,1-3H3. The molecule has 19 heavy (non-hydrogen) atoms. The third kappa shape index (κ3) is 3.69. The molecule has 0 heterocycles. The Bertz CT molecular complexity index is 421. The van der Waals surface area contributed by atoms with Gasteiger partial charge in [-0.1, -0.05) is 19.9 Å². The summed E-state index contributed by atoms with van der Waals surface area (Å²) in [5.74, 6) is 1.56.